The Morgan fingerprint density at radius 2 is 2.09 bits per heavy atom. The standard InChI is InChI=1S/C15H22N4O2S/c1-9(2)15-18-12(8-22-15)11(6-20)17-13-5-10(3)16-14(19-13)7-21-4/h5,8-9,11,20H,6-7H2,1-4H3,(H,16,17,19)/t11-/m1/s1. The van der Waals surface area contributed by atoms with Crippen molar-refractivity contribution in [1.29, 1.82) is 0 Å². The molecule has 0 fully saturated rings. The first-order valence-electron chi connectivity index (χ1n) is 7.19. The van der Waals surface area contributed by atoms with Crippen molar-refractivity contribution in [3.63, 3.8) is 0 Å². The maximum absolute atomic E-state index is 9.66. The third kappa shape index (κ3) is 4.22. The highest BCUT2D eigenvalue weighted by Gasteiger charge is 2.16. The molecule has 0 aliphatic heterocycles. The third-order valence-corrected chi connectivity index (χ3v) is 4.23. The van der Waals surface area contributed by atoms with Crippen molar-refractivity contribution in [2.24, 2.45) is 0 Å². The lowest BCUT2D eigenvalue weighted by Crippen LogP contribution is -2.17. The number of nitrogens with one attached hydrogen (secondary N) is 1. The van der Waals surface area contributed by atoms with E-state index in [1.165, 1.54) is 0 Å². The fourth-order valence-corrected chi connectivity index (χ4v) is 2.90. The maximum Gasteiger partial charge on any atom is 0.156 e. The smallest absolute Gasteiger partial charge is 0.156 e. The van der Waals surface area contributed by atoms with Crippen LogP contribution in [0.15, 0.2) is 11.4 Å². The highest BCUT2D eigenvalue weighted by atomic mass is 32.1. The molecule has 0 amide bonds. The Kier molecular flexibility index (Phi) is 5.82. The van der Waals surface area contributed by atoms with E-state index in [-0.39, 0.29) is 12.6 Å². The molecule has 0 saturated carbocycles. The van der Waals surface area contributed by atoms with E-state index < -0.39 is 0 Å². The fraction of sp³-hybridized carbons (Fsp3) is 0.533. The Labute approximate surface area is 134 Å². The largest absolute Gasteiger partial charge is 0.394 e. The number of hydrogen-bond acceptors (Lipinski definition) is 7. The van der Waals surface area contributed by atoms with Gasteiger partial charge in [-0.15, -0.1) is 11.3 Å². The van der Waals surface area contributed by atoms with Gasteiger partial charge in [-0.3, -0.25) is 0 Å². The second-order valence-corrected chi connectivity index (χ2v) is 6.28. The number of ether oxygens (including phenoxy) is 1. The number of aryl methyl sites for hydroxylation is 1. The van der Waals surface area contributed by atoms with Crippen molar-refractivity contribution < 1.29 is 9.84 Å². The number of anilines is 1. The van der Waals surface area contributed by atoms with Gasteiger partial charge in [-0.25, -0.2) is 15.0 Å². The average molecular weight is 322 g/mol. The van der Waals surface area contributed by atoms with Crippen LogP contribution >= 0.6 is 11.3 Å². The summed E-state index contributed by atoms with van der Waals surface area (Å²) in [6.45, 7) is 6.42. The lowest BCUT2D eigenvalue weighted by atomic mass is 10.2. The molecule has 6 nitrogen and oxygen atoms in total. The number of aliphatic hydroxyl groups excluding tert-OH is 1. The van der Waals surface area contributed by atoms with Crippen molar-refractivity contribution in [1.82, 2.24) is 15.0 Å². The van der Waals surface area contributed by atoms with Gasteiger partial charge in [0.1, 0.15) is 12.4 Å². The van der Waals surface area contributed by atoms with Crippen LogP contribution in [0.3, 0.4) is 0 Å². The predicted molar refractivity (Wildman–Crippen MR) is 87.1 cm³/mol. The van der Waals surface area contributed by atoms with Crippen LogP contribution in [-0.2, 0) is 11.3 Å². The summed E-state index contributed by atoms with van der Waals surface area (Å²) in [7, 11) is 1.61. The lowest BCUT2D eigenvalue weighted by Gasteiger charge is -2.16. The second-order valence-electron chi connectivity index (χ2n) is 5.39. The van der Waals surface area contributed by atoms with Crippen molar-refractivity contribution in [3.8, 4) is 0 Å². The highest BCUT2D eigenvalue weighted by molar-refractivity contribution is 7.09. The van der Waals surface area contributed by atoms with Gasteiger partial charge < -0.3 is 15.2 Å². The molecular weight excluding hydrogens is 300 g/mol. The van der Waals surface area contributed by atoms with Gasteiger partial charge in [0.2, 0.25) is 0 Å². The van der Waals surface area contributed by atoms with Crippen LogP contribution < -0.4 is 5.32 Å². The highest BCUT2D eigenvalue weighted by Crippen LogP contribution is 2.24. The summed E-state index contributed by atoms with van der Waals surface area (Å²) >= 11 is 1.61. The van der Waals surface area contributed by atoms with Gasteiger partial charge in [-0.1, -0.05) is 13.8 Å². The van der Waals surface area contributed by atoms with Gasteiger partial charge in [-0.2, -0.15) is 0 Å². The van der Waals surface area contributed by atoms with Gasteiger partial charge >= 0.3 is 0 Å². The van der Waals surface area contributed by atoms with Gasteiger partial charge in [0.15, 0.2) is 5.82 Å². The molecule has 2 aromatic heterocycles. The number of rotatable bonds is 7. The van der Waals surface area contributed by atoms with E-state index in [1.807, 2.05) is 18.4 Å². The molecule has 0 aromatic carbocycles. The van der Waals surface area contributed by atoms with Crippen molar-refractivity contribution in [2.75, 3.05) is 19.0 Å². The van der Waals surface area contributed by atoms with E-state index in [2.05, 4.69) is 34.1 Å². The SMILES string of the molecule is COCc1nc(C)cc(N[C@H](CO)c2csc(C(C)C)n2)n1. The molecule has 1 atom stereocenters. The summed E-state index contributed by atoms with van der Waals surface area (Å²) < 4.78 is 5.07. The molecule has 0 spiro atoms. The van der Waals surface area contributed by atoms with Crippen molar-refractivity contribution in [3.05, 3.63) is 33.7 Å². The summed E-state index contributed by atoms with van der Waals surface area (Å²) in [4.78, 5) is 13.3. The molecule has 120 valence electrons. The molecule has 2 aromatic rings. The number of aliphatic hydroxyl groups is 1. The summed E-state index contributed by atoms with van der Waals surface area (Å²) in [6, 6.07) is 1.56. The van der Waals surface area contributed by atoms with Crippen LogP contribution in [0.25, 0.3) is 0 Å². The summed E-state index contributed by atoms with van der Waals surface area (Å²) in [5.74, 6) is 1.66. The number of aromatic nitrogens is 3. The fourth-order valence-electron chi connectivity index (χ4n) is 2.02. The van der Waals surface area contributed by atoms with Gasteiger partial charge in [0.05, 0.1) is 23.4 Å². The minimum atomic E-state index is -0.284. The molecule has 0 unspecified atom stereocenters. The number of thiazole rings is 1. The number of methoxy groups -OCH3 is 1. The summed E-state index contributed by atoms with van der Waals surface area (Å²) in [5, 5.41) is 15.9. The zero-order valence-corrected chi connectivity index (χ0v) is 14.1. The average Bonchev–Trinajstić information content (AvgIpc) is 2.94. The summed E-state index contributed by atoms with van der Waals surface area (Å²) in [6.07, 6.45) is 0. The van der Waals surface area contributed by atoms with E-state index in [9.17, 15) is 5.11 Å². The van der Waals surface area contributed by atoms with Crippen LogP contribution in [-0.4, -0.2) is 33.8 Å². The second kappa shape index (κ2) is 7.62. The Bertz CT molecular complexity index is 615. The zero-order valence-electron chi connectivity index (χ0n) is 13.3. The number of nitrogens with zero attached hydrogens (tertiary/aromatic N) is 3. The predicted octanol–water partition coefficient (Wildman–Crippen LogP) is 2.66. The molecular formula is C15H22N4O2S. The Morgan fingerprint density at radius 1 is 1.32 bits per heavy atom. The van der Waals surface area contributed by atoms with E-state index >= 15 is 0 Å². The Balaban J connectivity index is 2.18. The Morgan fingerprint density at radius 3 is 2.68 bits per heavy atom. The van der Waals surface area contributed by atoms with E-state index in [1.54, 1.807) is 18.4 Å². The third-order valence-electron chi connectivity index (χ3n) is 3.07. The molecule has 2 rings (SSSR count). The molecule has 22 heavy (non-hydrogen) atoms. The van der Waals surface area contributed by atoms with Crippen molar-refractivity contribution in [2.45, 2.75) is 39.3 Å². The number of hydrogen-bond donors (Lipinski definition) is 2. The first kappa shape index (κ1) is 16.8. The van der Waals surface area contributed by atoms with Gasteiger partial charge in [-0.05, 0) is 6.92 Å². The van der Waals surface area contributed by atoms with Crippen LogP contribution in [0.4, 0.5) is 5.82 Å². The van der Waals surface area contributed by atoms with Crippen LogP contribution in [0.1, 0.15) is 48.0 Å². The van der Waals surface area contributed by atoms with Crippen LogP contribution in [0.2, 0.25) is 0 Å². The van der Waals surface area contributed by atoms with E-state index in [0.29, 0.717) is 24.2 Å². The molecule has 2 heterocycles. The van der Waals surface area contributed by atoms with Crippen molar-refractivity contribution >= 4 is 17.2 Å². The van der Waals surface area contributed by atoms with Crippen LogP contribution in [0.5, 0.6) is 0 Å². The molecule has 0 saturated heterocycles. The van der Waals surface area contributed by atoms with E-state index in [4.69, 9.17) is 4.74 Å². The first-order chi connectivity index (χ1) is 10.5. The normalized spacial score (nSPS) is 12.6. The minimum Gasteiger partial charge on any atom is -0.394 e. The minimum absolute atomic E-state index is 0.0517. The quantitative estimate of drug-likeness (QED) is 0.816. The Hall–Kier alpha value is -1.57. The first-order valence-corrected chi connectivity index (χ1v) is 8.07. The van der Waals surface area contributed by atoms with E-state index in [0.717, 1.165) is 16.4 Å². The lowest BCUT2D eigenvalue weighted by molar-refractivity contribution is 0.177. The van der Waals surface area contributed by atoms with Crippen LogP contribution in [0, 0.1) is 6.92 Å². The van der Waals surface area contributed by atoms with Gasteiger partial charge in [0.25, 0.3) is 0 Å². The molecule has 0 aliphatic carbocycles. The molecule has 0 bridgehead atoms. The zero-order chi connectivity index (χ0) is 16.1. The van der Waals surface area contributed by atoms with Gasteiger partial charge in [0, 0.05) is 30.2 Å². The molecule has 2 N–H and O–H groups in total. The molecule has 0 radical (unpaired) electrons. The maximum atomic E-state index is 9.66. The molecule has 7 heteroatoms. The molecule has 0 aliphatic rings. The monoisotopic (exact) mass is 322 g/mol. The topological polar surface area (TPSA) is 80.2 Å². The summed E-state index contributed by atoms with van der Waals surface area (Å²) in [5.41, 5.74) is 1.68.